The summed E-state index contributed by atoms with van der Waals surface area (Å²) in [6, 6.07) is -1.05. The van der Waals surface area contributed by atoms with Gasteiger partial charge in [-0.2, -0.15) is 0 Å². The molecule has 1 aliphatic rings. The van der Waals surface area contributed by atoms with Gasteiger partial charge in [0.2, 0.25) is 11.8 Å². The van der Waals surface area contributed by atoms with E-state index in [2.05, 4.69) is 10.6 Å². The van der Waals surface area contributed by atoms with Crippen LogP contribution in [-0.2, 0) is 14.4 Å². The molecule has 1 aliphatic heterocycles. The Bertz CT molecular complexity index is 326. The van der Waals surface area contributed by atoms with E-state index in [9.17, 15) is 14.4 Å². The van der Waals surface area contributed by atoms with Crippen LogP contribution in [0.15, 0.2) is 0 Å². The molecule has 102 valence electrons. The van der Waals surface area contributed by atoms with Gasteiger partial charge in [-0.3, -0.25) is 9.59 Å². The Morgan fingerprint density at radius 3 is 2.67 bits per heavy atom. The van der Waals surface area contributed by atoms with E-state index in [1.165, 1.54) is 0 Å². The fourth-order valence-corrected chi connectivity index (χ4v) is 1.91. The van der Waals surface area contributed by atoms with E-state index in [0.717, 1.165) is 19.4 Å². The Labute approximate surface area is 105 Å². The summed E-state index contributed by atoms with van der Waals surface area (Å²) >= 11 is 0. The van der Waals surface area contributed by atoms with Gasteiger partial charge < -0.3 is 21.5 Å². The average Bonchev–Trinajstić information content (AvgIpc) is 2.34. The summed E-state index contributed by atoms with van der Waals surface area (Å²) in [6.07, 6.45) is 1.62. The van der Waals surface area contributed by atoms with Gasteiger partial charge in [-0.05, 0) is 25.8 Å². The fraction of sp³-hybridized carbons (Fsp3) is 0.727. The Morgan fingerprint density at radius 2 is 2.17 bits per heavy atom. The molecule has 0 aromatic heterocycles. The first-order valence-corrected chi connectivity index (χ1v) is 6.03. The zero-order valence-corrected chi connectivity index (χ0v) is 10.1. The highest BCUT2D eigenvalue weighted by Crippen LogP contribution is 2.10. The molecular weight excluding hydrogens is 238 g/mol. The van der Waals surface area contributed by atoms with Gasteiger partial charge in [0.05, 0.1) is 5.92 Å². The quantitative estimate of drug-likeness (QED) is 0.477. The predicted molar refractivity (Wildman–Crippen MR) is 63.6 cm³/mol. The number of carbonyl (C=O) groups is 3. The highest BCUT2D eigenvalue weighted by Gasteiger charge is 2.26. The van der Waals surface area contributed by atoms with Gasteiger partial charge in [-0.25, -0.2) is 4.79 Å². The molecule has 0 spiro atoms. The molecule has 1 saturated heterocycles. The lowest BCUT2D eigenvalue weighted by molar-refractivity contribution is -0.142. The van der Waals surface area contributed by atoms with Crippen molar-refractivity contribution < 1.29 is 19.5 Å². The number of rotatable bonds is 6. The van der Waals surface area contributed by atoms with Crippen LogP contribution in [0.2, 0.25) is 0 Å². The van der Waals surface area contributed by atoms with Gasteiger partial charge >= 0.3 is 5.97 Å². The minimum absolute atomic E-state index is 0.0244. The number of nitrogens with two attached hydrogens (primary N) is 1. The van der Waals surface area contributed by atoms with Crippen molar-refractivity contribution in [1.29, 1.82) is 0 Å². The fourth-order valence-electron chi connectivity index (χ4n) is 1.91. The number of hydrogen-bond donors (Lipinski definition) is 4. The molecule has 0 aromatic carbocycles. The summed E-state index contributed by atoms with van der Waals surface area (Å²) in [4.78, 5) is 33.4. The van der Waals surface area contributed by atoms with Crippen molar-refractivity contribution >= 4 is 17.8 Å². The number of nitrogens with one attached hydrogen (secondary N) is 2. The second kappa shape index (κ2) is 6.95. The molecule has 2 atom stereocenters. The van der Waals surface area contributed by atoms with E-state index in [4.69, 9.17) is 10.8 Å². The Balaban J connectivity index is 2.46. The third kappa shape index (κ3) is 4.70. The third-order valence-electron chi connectivity index (χ3n) is 2.96. The van der Waals surface area contributed by atoms with E-state index in [1.807, 2.05) is 0 Å². The smallest absolute Gasteiger partial charge is 0.326 e. The molecule has 5 N–H and O–H groups in total. The van der Waals surface area contributed by atoms with Gasteiger partial charge in [0.25, 0.3) is 0 Å². The molecule has 1 fully saturated rings. The van der Waals surface area contributed by atoms with Gasteiger partial charge in [-0.1, -0.05) is 0 Å². The molecule has 0 radical (unpaired) electrons. The Morgan fingerprint density at radius 1 is 1.44 bits per heavy atom. The summed E-state index contributed by atoms with van der Waals surface area (Å²) in [5, 5.41) is 14.5. The van der Waals surface area contributed by atoms with Gasteiger partial charge in [0.1, 0.15) is 6.04 Å². The summed E-state index contributed by atoms with van der Waals surface area (Å²) < 4.78 is 0. The first-order valence-electron chi connectivity index (χ1n) is 6.03. The number of primary amides is 1. The lowest BCUT2D eigenvalue weighted by atomic mass is 9.98. The molecule has 1 heterocycles. The molecule has 2 amide bonds. The number of aliphatic carboxylic acids is 1. The number of carboxylic acid groups (broad SMARTS) is 1. The summed E-state index contributed by atoms with van der Waals surface area (Å²) in [7, 11) is 0. The molecule has 7 nitrogen and oxygen atoms in total. The Hall–Kier alpha value is -1.63. The lowest BCUT2D eigenvalue weighted by Gasteiger charge is -2.23. The standard InChI is InChI=1S/C11H19N3O4/c12-9(15)4-3-8(11(17)18)14-10(16)7-2-1-5-13-6-7/h7-8,13H,1-6H2,(H2,12,15)(H,14,16)(H,17,18)/t7-,8+/m1/s1. The van der Waals surface area contributed by atoms with Crippen LogP contribution in [0, 0.1) is 5.92 Å². The topological polar surface area (TPSA) is 122 Å². The maximum Gasteiger partial charge on any atom is 0.326 e. The number of hydrogen-bond acceptors (Lipinski definition) is 4. The van der Waals surface area contributed by atoms with Crippen molar-refractivity contribution in [1.82, 2.24) is 10.6 Å². The van der Waals surface area contributed by atoms with Crippen LogP contribution in [0.25, 0.3) is 0 Å². The van der Waals surface area contributed by atoms with Crippen molar-refractivity contribution in [3.8, 4) is 0 Å². The van der Waals surface area contributed by atoms with Crippen LogP contribution >= 0.6 is 0 Å². The van der Waals surface area contributed by atoms with Crippen molar-refractivity contribution in [2.75, 3.05) is 13.1 Å². The monoisotopic (exact) mass is 257 g/mol. The van der Waals surface area contributed by atoms with Crippen LogP contribution in [0.4, 0.5) is 0 Å². The molecule has 0 bridgehead atoms. The summed E-state index contributed by atoms with van der Waals surface area (Å²) in [5.41, 5.74) is 4.96. The molecule has 1 rings (SSSR count). The largest absolute Gasteiger partial charge is 0.480 e. The SMILES string of the molecule is NC(=O)CC[C@H](NC(=O)[C@@H]1CCCNC1)C(=O)O. The van der Waals surface area contributed by atoms with Gasteiger partial charge in [-0.15, -0.1) is 0 Å². The van der Waals surface area contributed by atoms with Crippen molar-refractivity contribution in [3.63, 3.8) is 0 Å². The first-order chi connectivity index (χ1) is 8.50. The van der Waals surface area contributed by atoms with E-state index >= 15 is 0 Å². The summed E-state index contributed by atoms with van der Waals surface area (Å²) in [5.74, 6) is -2.20. The van der Waals surface area contributed by atoms with E-state index < -0.39 is 17.9 Å². The number of piperidine rings is 1. The second-order valence-corrected chi connectivity index (χ2v) is 4.45. The Kier molecular flexibility index (Phi) is 5.57. The van der Waals surface area contributed by atoms with E-state index in [-0.39, 0.29) is 24.7 Å². The van der Waals surface area contributed by atoms with Crippen molar-refractivity contribution in [2.45, 2.75) is 31.7 Å². The number of carbonyl (C=O) groups excluding carboxylic acids is 2. The van der Waals surface area contributed by atoms with Crippen LogP contribution < -0.4 is 16.4 Å². The highest BCUT2D eigenvalue weighted by atomic mass is 16.4. The third-order valence-corrected chi connectivity index (χ3v) is 2.96. The lowest BCUT2D eigenvalue weighted by Crippen LogP contribution is -2.47. The highest BCUT2D eigenvalue weighted by molar-refractivity contribution is 5.85. The zero-order valence-electron chi connectivity index (χ0n) is 10.1. The number of amides is 2. The maximum absolute atomic E-state index is 11.8. The maximum atomic E-state index is 11.8. The van der Waals surface area contributed by atoms with Crippen molar-refractivity contribution in [2.24, 2.45) is 11.7 Å². The molecule has 0 aromatic rings. The minimum atomic E-state index is -1.15. The molecule has 18 heavy (non-hydrogen) atoms. The molecular formula is C11H19N3O4. The number of carboxylic acids is 1. The average molecular weight is 257 g/mol. The first kappa shape index (κ1) is 14.4. The minimum Gasteiger partial charge on any atom is -0.480 e. The van der Waals surface area contributed by atoms with Crippen LogP contribution in [0.3, 0.4) is 0 Å². The molecule has 0 aliphatic carbocycles. The van der Waals surface area contributed by atoms with E-state index in [0.29, 0.717) is 6.54 Å². The molecule has 0 unspecified atom stereocenters. The van der Waals surface area contributed by atoms with Crippen molar-refractivity contribution in [3.05, 3.63) is 0 Å². The van der Waals surface area contributed by atoms with Crippen LogP contribution in [-0.4, -0.2) is 42.0 Å². The van der Waals surface area contributed by atoms with E-state index in [1.54, 1.807) is 0 Å². The van der Waals surface area contributed by atoms with Gasteiger partial charge in [0, 0.05) is 13.0 Å². The van der Waals surface area contributed by atoms with Crippen LogP contribution in [0.5, 0.6) is 0 Å². The van der Waals surface area contributed by atoms with Gasteiger partial charge in [0.15, 0.2) is 0 Å². The molecule has 7 heteroatoms. The predicted octanol–water partition coefficient (Wildman–Crippen LogP) is -1.18. The van der Waals surface area contributed by atoms with Crippen LogP contribution in [0.1, 0.15) is 25.7 Å². The summed E-state index contributed by atoms with van der Waals surface area (Å²) in [6.45, 7) is 1.45. The second-order valence-electron chi connectivity index (χ2n) is 4.45. The zero-order chi connectivity index (χ0) is 13.5. The normalized spacial score (nSPS) is 21.0. The molecule has 0 saturated carbocycles.